The van der Waals surface area contributed by atoms with Gasteiger partial charge < -0.3 is 14.0 Å². The number of hydrogen-bond donors (Lipinski definition) is 0. The van der Waals surface area contributed by atoms with Crippen molar-refractivity contribution in [1.29, 1.82) is 0 Å². The number of pyridine rings is 1. The second-order valence-corrected chi connectivity index (χ2v) is 8.76. The molecular formula is C18H28BNO3. The van der Waals surface area contributed by atoms with Crippen LogP contribution in [-0.2, 0) is 14.7 Å². The molecule has 5 heteroatoms. The third kappa shape index (κ3) is 3.27. The van der Waals surface area contributed by atoms with E-state index in [2.05, 4.69) is 59.5 Å². The van der Waals surface area contributed by atoms with Crippen molar-refractivity contribution < 1.29 is 14.0 Å². The number of aromatic nitrogens is 1. The van der Waals surface area contributed by atoms with Crippen molar-refractivity contribution in [3.8, 4) is 5.75 Å². The van der Waals surface area contributed by atoms with Gasteiger partial charge in [-0.15, -0.1) is 0 Å². The molecule has 2 heterocycles. The molecule has 1 aliphatic heterocycles. The topological polar surface area (TPSA) is 40.6 Å². The van der Waals surface area contributed by atoms with Gasteiger partial charge in [0.25, 0.3) is 0 Å². The lowest BCUT2D eigenvalue weighted by molar-refractivity contribution is 0.00578. The zero-order valence-electron chi connectivity index (χ0n) is 15.4. The fraction of sp³-hybridized carbons (Fsp3) is 0.722. The molecule has 0 N–H and O–H groups in total. The lowest BCUT2D eigenvalue weighted by Crippen LogP contribution is -2.41. The van der Waals surface area contributed by atoms with Crippen molar-refractivity contribution in [2.24, 2.45) is 0 Å². The first-order valence-electron chi connectivity index (χ1n) is 8.52. The van der Waals surface area contributed by atoms with Gasteiger partial charge in [-0.05, 0) is 46.6 Å². The van der Waals surface area contributed by atoms with Crippen LogP contribution in [0.1, 0.15) is 67.0 Å². The van der Waals surface area contributed by atoms with E-state index in [1.165, 1.54) is 0 Å². The first-order valence-corrected chi connectivity index (χ1v) is 8.52. The van der Waals surface area contributed by atoms with Crippen LogP contribution in [0.25, 0.3) is 0 Å². The molecule has 2 aliphatic rings. The highest BCUT2D eigenvalue weighted by molar-refractivity contribution is 6.63. The maximum absolute atomic E-state index is 6.23. The van der Waals surface area contributed by atoms with Crippen LogP contribution in [-0.4, -0.2) is 29.4 Å². The maximum atomic E-state index is 6.23. The largest absolute Gasteiger partial charge is 0.498 e. The Morgan fingerprint density at radius 2 is 1.70 bits per heavy atom. The minimum atomic E-state index is -0.419. The fourth-order valence-corrected chi connectivity index (χ4v) is 2.49. The Morgan fingerprint density at radius 1 is 1.13 bits per heavy atom. The zero-order chi connectivity index (χ0) is 17.0. The van der Waals surface area contributed by atoms with Gasteiger partial charge >= 0.3 is 7.12 Å². The van der Waals surface area contributed by atoms with Crippen molar-refractivity contribution in [1.82, 2.24) is 4.98 Å². The molecule has 0 bridgehead atoms. The van der Waals surface area contributed by atoms with E-state index in [4.69, 9.17) is 14.0 Å². The van der Waals surface area contributed by atoms with Gasteiger partial charge in [-0.2, -0.15) is 0 Å². The molecule has 1 saturated carbocycles. The van der Waals surface area contributed by atoms with E-state index in [-0.39, 0.29) is 16.6 Å². The molecular weight excluding hydrogens is 289 g/mol. The van der Waals surface area contributed by atoms with Gasteiger partial charge in [-0.1, -0.05) is 20.8 Å². The SMILES string of the molecule is CC(C)(C)c1cc(B2OC(C)(C)C(C)(C)O2)c(OC2CC2)cn1. The summed E-state index contributed by atoms with van der Waals surface area (Å²) in [6, 6.07) is 2.08. The van der Waals surface area contributed by atoms with Crippen molar-refractivity contribution >= 4 is 12.6 Å². The summed E-state index contributed by atoms with van der Waals surface area (Å²) in [5, 5.41) is 0. The molecule has 0 aromatic carbocycles. The average Bonchev–Trinajstić information content (AvgIpc) is 3.16. The summed E-state index contributed by atoms with van der Waals surface area (Å²) >= 11 is 0. The smallest absolute Gasteiger partial charge is 0.489 e. The number of nitrogens with zero attached hydrogens (tertiary/aromatic N) is 1. The van der Waals surface area contributed by atoms with Crippen LogP contribution in [0.5, 0.6) is 5.75 Å². The predicted octanol–water partition coefficient (Wildman–Crippen LogP) is 3.22. The molecule has 1 aromatic heterocycles. The first kappa shape index (κ1) is 16.8. The molecule has 23 heavy (non-hydrogen) atoms. The van der Waals surface area contributed by atoms with Gasteiger partial charge in [0.1, 0.15) is 5.75 Å². The van der Waals surface area contributed by atoms with Crippen LogP contribution < -0.4 is 10.2 Å². The van der Waals surface area contributed by atoms with E-state index in [1.807, 2.05) is 6.20 Å². The van der Waals surface area contributed by atoms with Gasteiger partial charge in [0.2, 0.25) is 0 Å². The second kappa shape index (κ2) is 5.22. The van der Waals surface area contributed by atoms with Crippen molar-refractivity contribution in [3.05, 3.63) is 18.0 Å². The van der Waals surface area contributed by atoms with Gasteiger partial charge in [0.05, 0.1) is 23.5 Å². The van der Waals surface area contributed by atoms with E-state index >= 15 is 0 Å². The summed E-state index contributed by atoms with van der Waals surface area (Å²) in [7, 11) is -0.419. The number of hydrogen-bond acceptors (Lipinski definition) is 4. The molecule has 0 atom stereocenters. The highest BCUT2D eigenvalue weighted by Gasteiger charge is 2.52. The standard InChI is InChI=1S/C18H28BNO3/c1-16(2,3)15-10-13(14(11-20-15)21-12-8-9-12)19-22-17(4,5)18(6,7)23-19/h10-12H,8-9H2,1-7H3. The monoisotopic (exact) mass is 317 g/mol. The van der Waals surface area contributed by atoms with Gasteiger partial charge in [-0.25, -0.2) is 0 Å². The summed E-state index contributed by atoms with van der Waals surface area (Å²) in [4.78, 5) is 4.60. The Labute approximate surface area is 140 Å². The quantitative estimate of drug-likeness (QED) is 0.803. The second-order valence-electron chi connectivity index (χ2n) is 8.76. The summed E-state index contributed by atoms with van der Waals surface area (Å²) in [5.74, 6) is 0.791. The lowest BCUT2D eigenvalue weighted by Gasteiger charge is -2.32. The fourth-order valence-electron chi connectivity index (χ4n) is 2.49. The minimum absolute atomic E-state index is 0.0312. The molecule has 0 radical (unpaired) electrons. The first-order chi connectivity index (χ1) is 10.5. The summed E-state index contributed by atoms with van der Waals surface area (Å²) in [6.45, 7) is 14.8. The Morgan fingerprint density at radius 3 is 2.17 bits per heavy atom. The van der Waals surface area contributed by atoms with Crippen LogP contribution in [0, 0.1) is 0 Å². The third-order valence-electron chi connectivity index (χ3n) is 4.99. The Hall–Kier alpha value is -1.07. The molecule has 0 unspecified atom stereocenters. The molecule has 1 saturated heterocycles. The third-order valence-corrected chi connectivity index (χ3v) is 4.99. The van der Waals surface area contributed by atoms with Gasteiger partial charge in [-0.3, -0.25) is 4.98 Å². The number of ether oxygens (including phenoxy) is 1. The van der Waals surface area contributed by atoms with Crippen molar-refractivity contribution in [3.63, 3.8) is 0 Å². The molecule has 4 nitrogen and oxygen atoms in total. The summed E-state index contributed by atoms with van der Waals surface area (Å²) in [5.41, 5.74) is 1.22. The Kier molecular flexibility index (Phi) is 3.81. The van der Waals surface area contributed by atoms with Crippen molar-refractivity contribution in [2.45, 2.75) is 84.0 Å². The summed E-state index contributed by atoms with van der Waals surface area (Å²) < 4.78 is 18.5. The van der Waals surface area contributed by atoms with Crippen molar-refractivity contribution in [2.75, 3.05) is 0 Å². The zero-order valence-corrected chi connectivity index (χ0v) is 15.4. The molecule has 0 amide bonds. The molecule has 1 aliphatic carbocycles. The van der Waals surface area contributed by atoms with Gasteiger partial charge in [0, 0.05) is 16.6 Å². The Balaban J connectivity index is 1.98. The van der Waals surface area contributed by atoms with Crippen LogP contribution >= 0.6 is 0 Å². The molecule has 1 aromatic rings. The average molecular weight is 317 g/mol. The number of rotatable bonds is 3. The van der Waals surface area contributed by atoms with E-state index in [0.717, 1.165) is 29.7 Å². The predicted molar refractivity (Wildman–Crippen MR) is 92.3 cm³/mol. The molecule has 0 spiro atoms. The Bertz CT molecular complexity index is 587. The summed E-state index contributed by atoms with van der Waals surface area (Å²) in [6.07, 6.45) is 4.38. The minimum Gasteiger partial charge on any atom is -0.489 e. The highest BCUT2D eigenvalue weighted by atomic mass is 16.7. The van der Waals surface area contributed by atoms with Crippen LogP contribution in [0.3, 0.4) is 0 Å². The maximum Gasteiger partial charge on any atom is 0.498 e. The van der Waals surface area contributed by atoms with Crippen LogP contribution in [0.4, 0.5) is 0 Å². The molecule has 3 rings (SSSR count). The normalized spacial score (nSPS) is 23.2. The van der Waals surface area contributed by atoms with E-state index in [0.29, 0.717) is 6.10 Å². The van der Waals surface area contributed by atoms with E-state index in [1.54, 1.807) is 0 Å². The molecule has 2 fully saturated rings. The lowest BCUT2D eigenvalue weighted by atomic mass is 9.76. The van der Waals surface area contributed by atoms with E-state index < -0.39 is 7.12 Å². The molecule has 126 valence electrons. The van der Waals surface area contributed by atoms with Gasteiger partial charge in [0.15, 0.2) is 0 Å². The van der Waals surface area contributed by atoms with Crippen LogP contribution in [0.15, 0.2) is 12.3 Å². The van der Waals surface area contributed by atoms with Crippen LogP contribution in [0.2, 0.25) is 0 Å². The highest BCUT2D eigenvalue weighted by Crippen LogP contribution is 2.38. The van der Waals surface area contributed by atoms with E-state index in [9.17, 15) is 0 Å².